The van der Waals surface area contributed by atoms with E-state index in [1.807, 2.05) is 0 Å². The Morgan fingerprint density at radius 3 is 2.47 bits per heavy atom. The number of hydrogen-bond acceptors (Lipinski definition) is 4. The molecule has 0 spiro atoms. The predicted molar refractivity (Wildman–Crippen MR) is 44.3 cm³/mol. The molecule has 0 atom stereocenters. The average Bonchev–Trinajstić information content (AvgIpc) is 2.15. The summed E-state index contributed by atoms with van der Waals surface area (Å²) in [7, 11) is 1.13. The molecule has 0 bridgehead atoms. The van der Waals surface area contributed by atoms with E-state index in [2.05, 4.69) is 4.74 Å². The van der Waals surface area contributed by atoms with Gasteiger partial charge in [-0.25, -0.2) is 0 Å². The van der Waals surface area contributed by atoms with Crippen molar-refractivity contribution in [2.45, 2.75) is 0 Å². The van der Waals surface area contributed by atoms with Crippen LogP contribution in [0.5, 0.6) is 5.75 Å². The van der Waals surface area contributed by atoms with Gasteiger partial charge in [-0.2, -0.15) is 4.39 Å². The van der Waals surface area contributed by atoms with E-state index in [4.69, 9.17) is 0 Å². The van der Waals surface area contributed by atoms with Crippen LogP contribution in [0, 0.1) is 15.9 Å². The minimum absolute atomic E-state index is 0.228. The van der Waals surface area contributed by atoms with Gasteiger partial charge in [0.2, 0.25) is 5.82 Å². The van der Waals surface area contributed by atoms with Gasteiger partial charge in [0.15, 0.2) is 5.69 Å². The van der Waals surface area contributed by atoms with Gasteiger partial charge in [-0.05, 0) is 5.34 Å². The summed E-state index contributed by atoms with van der Waals surface area (Å²) in [5.41, 5.74) is -2.45. The summed E-state index contributed by atoms with van der Waals surface area (Å²) in [6.45, 7) is 0. The molecule has 5 nitrogen and oxygen atoms in total. The third kappa shape index (κ3) is 2.09. The highest BCUT2D eigenvalue weighted by atomic mass is 19.4. The van der Waals surface area contributed by atoms with Gasteiger partial charge >= 0.3 is 5.69 Å². The first kappa shape index (κ1) is 11.1. The maximum atomic E-state index is 13.0. The molecule has 0 N–H and O–H groups in total. The first-order chi connectivity index (χ1) is 6.97. The van der Waals surface area contributed by atoms with Gasteiger partial charge in [0.25, 0.3) is 0 Å². The zero-order valence-electron chi connectivity index (χ0n) is 7.41. The molecule has 0 fully saturated rings. The van der Waals surface area contributed by atoms with Crippen LogP contribution < -0.4 is 10.1 Å². The molecule has 0 aromatic heterocycles. The van der Waals surface area contributed by atoms with Gasteiger partial charge in [-0.1, -0.05) is 8.96 Å². The maximum Gasteiger partial charge on any atom is 0.333 e. The van der Waals surface area contributed by atoms with E-state index < -0.39 is 27.5 Å². The van der Waals surface area contributed by atoms with Gasteiger partial charge in [-0.3, -0.25) is 10.1 Å². The van der Waals surface area contributed by atoms with Crippen molar-refractivity contribution >= 4 is 11.4 Å². The molecular weight excluding hydrogens is 217 g/mol. The van der Waals surface area contributed by atoms with Crippen LogP contribution in [0.3, 0.4) is 0 Å². The van der Waals surface area contributed by atoms with Crippen molar-refractivity contribution in [1.29, 1.82) is 0 Å². The van der Waals surface area contributed by atoms with E-state index in [0.29, 0.717) is 12.1 Å². The number of rotatable bonds is 3. The lowest BCUT2D eigenvalue weighted by Crippen LogP contribution is -2.04. The van der Waals surface area contributed by atoms with E-state index in [9.17, 15) is 23.5 Å². The molecule has 1 rings (SSSR count). The largest absolute Gasteiger partial charge is 0.497 e. The third-order valence-electron chi connectivity index (χ3n) is 1.62. The normalized spacial score (nSPS) is 9.87. The quantitative estimate of drug-likeness (QED) is 0.447. The van der Waals surface area contributed by atoms with Crippen LogP contribution in [-0.4, -0.2) is 12.0 Å². The average molecular weight is 222 g/mol. The smallest absolute Gasteiger partial charge is 0.333 e. The van der Waals surface area contributed by atoms with Crippen molar-refractivity contribution in [3.63, 3.8) is 0 Å². The number of anilines is 1. The molecule has 1 aromatic rings. The van der Waals surface area contributed by atoms with Crippen molar-refractivity contribution < 1.29 is 23.0 Å². The van der Waals surface area contributed by atoms with Gasteiger partial charge in [0, 0.05) is 12.1 Å². The fourth-order valence-electron chi connectivity index (χ4n) is 0.988. The summed E-state index contributed by atoms with van der Waals surface area (Å²) < 4.78 is 41.9. The molecular formula is C7H5F3N2O3. The zero-order valence-corrected chi connectivity index (χ0v) is 7.41. The van der Waals surface area contributed by atoms with E-state index in [1.165, 1.54) is 0 Å². The Balaban J connectivity index is 3.42. The molecule has 82 valence electrons. The van der Waals surface area contributed by atoms with Crippen LogP contribution in [0.4, 0.5) is 24.7 Å². The van der Waals surface area contributed by atoms with E-state index in [0.717, 1.165) is 7.11 Å². The highest BCUT2D eigenvalue weighted by Gasteiger charge is 2.26. The topological polar surface area (TPSA) is 55.6 Å². The van der Waals surface area contributed by atoms with Crippen LogP contribution >= 0.6 is 0 Å². The van der Waals surface area contributed by atoms with Crippen LogP contribution in [0.15, 0.2) is 12.1 Å². The lowest BCUT2D eigenvalue weighted by atomic mass is 10.2. The Labute approximate surface area is 81.7 Å². The number of nitro benzene ring substituents is 1. The van der Waals surface area contributed by atoms with Crippen molar-refractivity contribution in [3.8, 4) is 5.75 Å². The molecule has 0 saturated heterocycles. The number of methoxy groups -OCH3 is 1. The summed E-state index contributed by atoms with van der Waals surface area (Å²) in [6, 6.07) is 1.33. The molecule has 0 aliphatic heterocycles. The second-order valence-corrected chi connectivity index (χ2v) is 2.47. The Kier molecular flexibility index (Phi) is 2.98. The van der Waals surface area contributed by atoms with Crippen molar-refractivity contribution in [2.75, 3.05) is 12.5 Å². The molecule has 0 aliphatic carbocycles. The number of nitro groups is 1. The Bertz CT molecular complexity index is 397. The fourth-order valence-corrected chi connectivity index (χ4v) is 0.988. The minimum Gasteiger partial charge on any atom is -0.497 e. The van der Waals surface area contributed by atoms with Gasteiger partial charge < -0.3 is 4.74 Å². The van der Waals surface area contributed by atoms with Crippen molar-refractivity contribution in [3.05, 3.63) is 28.1 Å². The SMILES string of the molecule is COc1cc(F)c([N+](=O)[O-])c(N(F)F)c1. The number of ether oxygens (including phenoxy) is 1. The van der Waals surface area contributed by atoms with Gasteiger partial charge in [-0.15, -0.1) is 0 Å². The summed E-state index contributed by atoms with van der Waals surface area (Å²) in [5, 5.41) is 8.77. The molecule has 0 amide bonds. The summed E-state index contributed by atoms with van der Waals surface area (Å²) in [6.07, 6.45) is 0. The summed E-state index contributed by atoms with van der Waals surface area (Å²) >= 11 is 0. The lowest BCUT2D eigenvalue weighted by Gasteiger charge is -2.06. The highest BCUT2D eigenvalue weighted by molar-refractivity contribution is 5.64. The van der Waals surface area contributed by atoms with Crippen LogP contribution in [-0.2, 0) is 0 Å². The van der Waals surface area contributed by atoms with E-state index >= 15 is 0 Å². The molecule has 15 heavy (non-hydrogen) atoms. The highest BCUT2D eigenvalue weighted by Crippen LogP contribution is 2.35. The molecule has 0 saturated carbocycles. The minimum atomic E-state index is -1.54. The number of hydrogen-bond donors (Lipinski definition) is 0. The number of nitrogens with zero attached hydrogens (tertiary/aromatic N) is 2. The first-order valence-corrected chi connectivity index (χ1v) is 3.61. The Morgan fingerprint density at radius 2 is 2.07 bits per heavy atom. The van der Waals surface area contributed by atoms with Crippen molar-refractivity contribution in [2.24, 2.45) is 0 Å². The van der Waals surface area contributed by atoms with Gasteiger partial charge in [0.1, 0.15) is 5.75 Å². The zero-order chi connectivity index (χ0) is 11.6. The number of benzene rings is 1. The molecule has 0 aliphatic rings. The summed E-state index contributed by atoms with van der Waals surface area (Å²) in [4.78, 5) is 9.09. The molecule has 0 unspecified atom stereocenters. The fraction of sp³-hybridized carbons (Fsp3) is 0.143. The van der Waals surface area contributed by atoms with E-state index in [1.54, 1.807) is 0 Å². The van der Waals surface area contributed by atoms with Crippen molar-refractivity contribution in [1.82, 2.24) is 0 Å². The molecule has 8 heteroatoms. The summed E-state index contributed by atoms with van der Waals surface area (Å²) in [5.74, 6) is -1.61. The Hall–Kier alpha value is -1.99. The third-order valence-corrected chi connectivity index (χ3v) is 1.62. The van der Waals surface area contributed by atoms with Crippen LogP contribution in [0.25, 0.3) is 0 Å². The molecule has 0 radical (unpaired) electrons. The van der Waals surface area contributed by atoms with Crippen LogP contribution in [0.2, 0.25) is 0 Å². The molecule has 1 aromatic carbocycles. The standard InChI is InChI=1S/C7H5F3N2O3/c1-15-4-2-5(8)7(12(13)14)6(3-4)11(9)10/h2-3H,1H3. The number of halogens is 3. The second kappa shape index (κ2) is 4.03. The van der Waals surface area contributed by atoms with E-state index in [-0.39, 0.29) is 5.75 Å². The van der Waals surface area contributed by atoms with Crippen LogP contribution in [0.1, 0.15) is 0 Å². The second-order valence-electron chi connectivity index (χ2n) is 2.47. The first-order valence-electron chi connectivity index (χ1n) is 3.61. The Morgan fingerprint density at radius 1 is 1.47 bits per heavy atom. The monoisotopic (exact) mass is 222 g/mol. The maximum absolute atomic E-state index is 13.0. The predicted octanol–water partition coefficient (Wildman–Crippen LogP) is 2.32. The lowest BCUT2D eigenvalue weighted by molar-refractivity contribution is -0.387. The van der Waals surface area contributed by atoms with Gasteiger partial charge in [0.05, 0.1) is 12.0 Å². The molecule has 0 heterocycles.